The molecule has 1 amide bonds. The van der Waals surface area contributed by atoms with Crippen LogP contribution in [0.1, 0.15) is 10.4 Å². The van der Waals surface area contributed by atoms with E-state index in [0.29, 0.717) is 17.6 Å². The highest BCUT2D eigenvalue weighted by atomic mass is 79.9. The van der Waals surface area contributed by atoms with E-state index in [0.717, 1.165) is 0 Å². The number of amides is 1. The van der Waals surface area contributed by atoms with Crippen LogP contribution in [-0.2, 0) is 9.53 Å². The van der Waals surface area contributed by atoms with Gasteiger partial charge in [0.25, 0.3) is 0 Å². The fraction of sp³-hybridized carbons (Fsp3) is 0.333. The molecule has 7 heteroatoms. The number of carbonyl (C=O) groups excluding carboxylic acids is 1. The number of carboxylic acid groups (broad SMARTS) is 1. The molecule has 0 heterocycles. The largest absolute Gasteiger partial charge is 0.478 e. The molecule has 0 fully saturated rings. The first-order valence-corrected chi connectivity index (χ1v) is 6.36. The number of halogens is 1. The van der Waals surface area contributed by atoms with Crippen LogP contribution < -0.4 is 10.6 Å². The molecule has 1 rings (SSSR count). The Balaban J connectivity index is 2.61. The van der Waals surface area contributed by atoms with Gasteiger partial charge in [0.2, 0.25) is 5.91 Å². The Morgan fingerprint density at radius 2 is 2.16 bits per heavy atom. The molecule has 1 aromatic carbocycles. The molecule has 0 unspecified atom stereocenters. The molecular formula is C12H15BrN2O4. The van der Waals surface area contributed by atoms with Crippen molar-refractivity contribution in [3.8, 4) is 0 Å². The first-order chi connectivity index (χ1) is 9.04. The van der Waals surface area contributed by atoms with Gasteiger partial charge in [-0.3, -0.25) is 4.79 Å². The third-order valence-corrected chi connectivity index (χ3v) is 2.75. The standard InChI is InChI=1S/C12H15BrN2O4/c1-19-5-4-14-7-11(16)15-10-3-2-8(13)6-9(10)12(17)18/h2-3,6,14H,4-5,7H2,1H3,(H,15,16)(H,17,18). The molecule has 0 saturated heterocycles. The van der Waals surface area contributed by atoms with Gasteiger partial charge in [0, 0.05) is 18.1 Å². The summed E-state index contributed by atoms with van der Waals surface area (Å²) in [6, 6.07) is 4.65. The van der Waals surface area contributed by atoms with Crippen LogP contribution in [0.15, 0.2) is 22.7 Å². The molecule has 0 aromatic heterocycles. The first kappa shape index (κ1) is 15.6. The summed E-state index contributed by atoms with van der Waals surface area (Å²) in [6.45, 7) is 1.15. The smallest absolute Gasteiger partial charge is 0.337 e. The first-order valence-electron chi connectivity index (χ1n) is 5.57. The lowest BCUT2D eigenvalue weighted by Crippen LogP contribution is -2.30. The average Bonchev–Trinajstić information content (AvgIpc) is 2.36. The van der Waals surface area contributed by atoms with Gasteiger partial charge in [-0.15, -0.1) is 0 Å². The monoisotopic (exact) mass is 330 g/mol. The van der Waals surface area contributed by atoms with Gasteiger partial charge in [0.05, 0.1) is 24.4 Å². The maximum absolute atomic E-state index is 11.6. The van der Waals surface area contributed by atoms with E-state index in [4.69, 9.17) is 9.84 Å². The second-order valence-corrected chi connectivity index (χ2v) is 4.63. The van der Waals surface area contributed by atoms with Crippen molar-refractivity contribution in [1.29, 1.82) is 0 Å². The van der Waals surface area contributed by atoms with Crippen LogP contribution >= 0.6 is 15.9 Å². The summed E-state index contributed by atoms with van der Waals surface area (Å²) in [6.07, 6.45) is 0. The second-order valence-electron chi connectivity index (χ2n) is 3.71. The summed E-state index contributed by atoms with van der Waals surface area (Å²) in [4.78, 5) is 22.7. The van der Waals surface area contributed by atoms with E-state index in [1.165, 1.54) is 6.07 Å². The summed E-state index contributed by atoms with van der Waals surface area (Å²) in [5, 5.41) is 14.5. The molecule has 0 aliphatic rings. The normalized spacial score (nSPS) is 10.2. The number of carboxylic acids is 1. The number of ether oxygens (including phenoxy) is 1. The third kappa shape index (κ3) is 5.37. The zero-order chi connectivity index (χ0) is 14.3. The van der Waals surface area contributed by atoms with Crippen molar-refractivity contribution in [1.82, 2.24) is 5.32 Å². The second kappa shape index (κ2) is 7.88. The minimum atomic E-state index is -1.09. The highest BCUT2D eigenvalue weighted by molar-refractivity contribution is 9.10. The fourth-order valence-electron chi connectivity index (χ4n) is 1.37. The van der Waals surface area contributed by atoms with Gasteiger partial charge in [0.15, 0.2) is 0 Å². The van der Waals surface area contributed by atoms with Gasteiger partial charge in [-0.05, 0) is 18.2 Å². The van der Waals surface area contributed by atoms with Crippen LogP contribution in [0.25, 0.3) is 0 Å². The molecule has 0 atom stereocenters. The number of benzene rings is 1. The van der Waals surface area contributed by atoms with Crippen molar-refractivity contribution in [2.24, 2.45) is 0 Å². The van der Waals surface area contributed by atoms with Gasteiger partial charge in [0.1, 0.15) is 0 Å². The SMILES string of the molecule is COCCNCC(=O)Nc1ccc(Br)cc1C(=O)O. The van der Waals surface area contributed by atoms with Gasteiger partial charge >= 0.3 is 5.97 Å². The van der Waals surface area contributed by atoms with Crippen LogP contribution in [-0.4, -0.2) is 43.8 Å². The average molecular weight is 331 g/mol. The van der Waals surface area contributed by atoms with Crippen LogP contribution in [0.2, 0.25) is 0 Å². The van der Waals surface area contributed by atoms with E-state index < -0.39 is 5.97 Å². The lowest BCUT2D eigenvalue weighted by Gasteiger charge is -2.09. The molecule has 0 saturated carbocycles. The van der Waals surface area contributed by atoms with Crippen molar-refractivity contribution in [2.75, 3.05) is 32.1 Å². The maximum atomic E-state index is 11.6. The molecule has 3 N–H and O–H groups in total. The zero-order valence-corrected chi connectivity index (χ0v) is 12.0. The molecule has 0 aliphatic heterocycles. The van der Waals surface area contributed by atoms with E-state index >= 15 is 0 Å². The lowest BCUT2D eigenvalue weighted by atomic mass is 10.2. The fourth-order valence-corrected chi connectivity index (χ4v) is 1.73. The number of rotatable bonds is 7. The Bertz CT molecular complexity index is 465. The number of hydrogen-bond donors (Lipinski definition) is 3. The quantitative estimate of drug-likeness (QED) is 0.656. The van der Waals surface area contributed by atoms with Crippen molar-refractivity contribution in [3.63, 3.8) is 0 Å². The van der Waals surface area contributed by atoms with Gasteiger partial charge in [-0.1, -0.05) is 15.9 Å². The van der Waals surface area contributed by atoms with Gasteiger partial charge in [-0.25, -0.2) is 4.79 Å². The summed E-state index contributed by atoms with van der Waals surface area (Å²) >= 11 is 3.19. The van der Waals surface area contributed by atoms with Crippen LogP contribution in [0, 0.1) is 0 Å². The molecular weight excluding hydrogens is 316 g/mol. The highest BCUT2D eigenvalue weighted by Crippen LogP contribution is 2.20. The van der Waals surface area contributed by atoms with E-state index in [1.807, 2.05) is 0 Å². The molecule has 0 bridgehead atoms. The Morgan fingerprint density at radius 1 is 1.42 bits per heavy atom. The number of anilines is 1. The lowest BCUT2D eigenvalue weighted by molar-refractivity contribution is -0.115. The van der Waals surface area contributed by atoms with Crippen molar-refractivity contribution < 1.29 is 19.4 Å². The van der Waals surface area contributed by atoms with Crippen LogP contribution in [0.5, 0.6) is 0 Å². The molecule has 0 spiro atoms. The molecule has 19 heavy (non-hydrogen) atoms. The van der Waals surface area contributed by atoms with Crippen molar-refractivity contribution >= 4 is 33.5 Å². The van der Waals surface area contributed by atoms with Crippen LogP contribution in [0.4, 0.5) is 5.69 Å². The van der Waals surface area contributed by atoms with Crippen molar-refractivity contribution in [3.05, 3.63) is 28.2 Å². The van der Waals surface area contributed by atoms with E-state index in [2.05, 4.69) is 26.6 Å². The summed E-state index contributed by atoms with van der Waals surface area (Å²) in [7, 11) is 1.57. The summed E-state index contributed by atoms with van der Waals surface area (Å²) < 4.78 is 5.47. The number of carbonyl (C=O) groups is 2. The number of hydrogen-bond acceptors (Lipinski definition) is 4. The highest BCUT2D eigenvalue weighted by Gasteiger charge is 2.12. The van der Waals surface area contributed by atoms with E-state index in [1.54, 1.807) is 19.2 Å². The van der Waals surface area contributed by atoms with E-state index in [9.17, 15) is 9.59 Å². The number of nitrogens with one attached hydrogen (secondary N) is 2. The van der Waals surface area contributed by atoms with Gasteiger partial charge in [-0.2, -0.15) is 0 Å². The molecule has 104 valence electrons. The number of methoxy groups -OCH3 is 1. The summed E-state index contributed by atoms with van der Waals surface area (Å²) in [5.74, 6) is -1.40. The maximum Gasteiger partial charge on any atom is 0.337 e. The molecule has 0 radical (unpaired) electrons. The molecule has 0 aliphatic carbocycles. The number of aromatic carboxylic acids is 1. The predicted octanol–water partition coefficient (Wildman–Crippen LogP) is 1.32. The Labute approximate surface area is 119 Å². The van der Waals surface area contributed by atoms with Crippen LogP contribution in [0.3, 0.4) is 0 Å². The Hall–Kier alpha value is -1.44. The molecule has 1 aromatic rings. The summed E-state index contributed by atoms with van der Waals surface area (Å²) in [5.41, 5.74) is 0.314. The third-order valence-electron chi connectivity index (χ3n) is 2.25. The minimum Gasteiger partial charge on any atom is -0.478 e. The van der Waals surface area contributed by atoms with Crippen molar-refractivity contribution in [2.45, 2.75) is 0 Å². The predicted molar refractivity (Wildman–Crippen MR) is 74.5 cm³/mol. The van der Waals surface area contributed by atoms with Gasteiger partial charge < -0.3 is 20.5 Å². The topological polar surface area (TPSA) is 87.7 Å². The zero-order valence-electron chi connectivity index (χ0n) is 10.4. The van der Waals surface area contributed by atoms with E-state index in [-0.39, 0.29) is 23.7 Å². The Kier molecular flexibility index (Phi) is 6.48. The molecule has 6 nitrogen and oxygen atoms in total. The Morgan fingerprint density at radius 3 is 2.79 bits per heavy atom. The minimum absolute atomic E-state index is 0.0413.